The van der Waals surface area contributed by atoms with E-state index in [2.05, 4.69) is 11.8 Å². The quantitative estimate of drug-likeness (QED) is 0.674. The van der Waals surface area contributed by atoms with E-state index in [1.54, 1.807) is 0 Å². The normalized spacial score (nSPS) is 19.3. The highest BCUT2D eigenvalue weighted by Gasteiger charge is 2.18. The summed E-state index contributed by atoms with van der Waals surface area (Å²) in [4.78, 5) is 13.5. The van der Waals surface area contributed by atoms with E-state index in [0.29, 0.717) is 31.3 Å². The minimum absolute atomic E-state index is 0.306. The minimum atomic E-state index is 0.306. The fourth-order valence-corrected chi connectivity index (χ4v) is 1.91. The molecule has 0 N–H and O–H groups in total. The first-order valence-corrected chi connectivity index (χ1v) is 6.12. The molecule has 0 aromatic rings. The maximum Gasteiger partial charge on any atom is 0.134 e. The molecule has 3 heteroatoms. The van der Waals surface area contributed by atoms with E-state index in [0.717, 1.165) is 32.5 Å². The third-order valence-corrected chi connectivity index (χ3v) is 3.11. The van der Waals surface area contributed by atoms with Crippen LogP contribution in [0.3, 0.4) is 0 Å². The molecule has 0 aromatic carbocycles. The van der Waals surface area contributed by atoms with Crippen molar-refractivity contribution in [2.45, 2.75) is 45.6 Å². The highest BCUT2D eigenvalue weighted by molar-refractivity contribution is 5.78. The molecule has 0 unspecified atom stereocenters. The molecule has 0 aliphatic carbocycles. The van der Waals surface area contributed by atoms with Crippen molar-refractivity contribution in [3.05, 3.63) is 0 Å². The molecule has 88 valence electrons. The molecule has 1 aliphatic heterocycles. The fraction of sp³-hybridized carbons (Fsp3) is 0.917. The van der Waals surface area contributed by atoms with Crippen molar-refractivity contribution in [2.24, 2.45) is 0 Å². The lowest BCUT2D eigenvalue weighted by atomic mass is 10.1. The number of piperidine rings is 1. The van der Waals surface area contributed by atoms with Crippen LogP contribution in [0.1, 0.15) is 39.5 Å². The second kappa shape index (κ2) is 6.96. The Morgan fingerprint density at radius 3 is 2.53 bits per heavy atom. The Hall–Kier alpha value is -0.410. The highest BCUT2D eigenvalue weighted by Crippen LogP contribution is 2.13. The number of ketones is 1. The maximum atomic E-state index is 11.1. The molecular weight excluding hydrogens is 190 g/mol. The van der Waals surface area contributed by atoms with E-state index < -0.39 is 0 Å². The van der Waals surface area contributed by atoms with Crippen LogP contribution in [0.25, 0.3) is 0 Å². The zero-order valence-corrected chi connectivity index (χ0v) is 10.00. The molecule has 1 heterocycles. The Labute approximate surface area is 92.8 Å². The van der Waals surface area contributed by atoms with Crippen LogP contribution < -0.4 is 0 Å². The molecule has 0 spiro atoms. The first-order chi connectivity index (χ1) is 7.26. The van der Waals surface area contributed by atoms with Gasteiger partial charge in [-0.2, -0.15) is 0 Å². The number of hydrogen-bond acceptors (Lipinski definition) is 3. The van der Waals surface area contributed by atoms with Crippen LogP contribution >= 0.6 is 0 Å². The monoisotopic (exact) mass is 213 g/mol. The lowest BCUT2D eigenvalue weighted by Gasteiger charge is -2.30. The van der Waals surface area contributed by atoms with E-state index >= 15 is 0 Å². The standard InChI is InChI=1S/C12H23NO2/c1-3-11(14)7-10-15-12-5-8-13(4-2)9-6-12/h12H,3-10H2,1-2H3. The molecule has 0 atom stereocenters. The van der Waals surface area contributed by atoms with Crippen molar-refractivity contribution >= 4 is 5.78 Å². The molecule has 0 radical (unpaired) electrons. The van der Waals surface area contributed by atoms with Crippen LogP contribution in [-0.4, -0.2) is 43.0 Å². The molecule has 0 aromatic heterocycles. The summed E-state index contributed by atoms with van der Waals surface area (Å²) in [6.07, 6.45) is 3.85. The summed E-state index contributed by atoms with van der Waals surface area (Å²) in [5.74, 6) is 0.306. The molecular formula is C12H23NO2. The van der Waals surface area contributed by atoms with E-state index in [1.165, 1.54) is 0 Å². The summed E-state index contributed by atoms with van der Waals surface area (Å²) < 4.78 is 5.70. The average molecular weight is 213 g/mol. The van der Waals surface area contributed by atoms with Gasteiger partial charge in [0, 0.05) is 25.9 Å². The van der Waals surface area contributed by atoms with Gasteiger partial charge in [-0.25, -0.2) is 0 Å². The Bertz CT molecular complexity index is 186. The number of carbonyl (C=O) groups excluding carboxylic acids is 1. The second-order valence-corrected chi connectivity index (χ2v) is 4.15. The SMILES string of the molecule is CCC(=O)CCOC1CCN(CC)CC1. The summed E-state index contributed by atoms with van der Waals surface area (Å²) in [6.45, 7) is 8.14. The second-order valence-electron chi connectivity index (χ2n) is 4.15. The Balaban J connectivity index is 2.06. The van der Waals surface area contributed by atoms with Gasteiger partial charge in [-0.3, -0.25) is 4.79 Å². The summed E-state index contributed by atoms with van der Waals surface area (Å²) in [7, 11) is 0. The van der Waals surface area contributed by atoms with Gasteiger partial charge in [0.2, 0.25) is 0 Å². The molecule has 1 saturated heterocycles. The summed E-state index contributed by atoms with van der Waals surface area (Å²) >= 11 is 0. The maximum absolute atomic E-state index is 11.1. The highest BCUT2D eigenvalue weighted by atomic mass is 16.5. The topological polar surface area (TPSA) is 29.5 Å². The van der Waals surface area contributed by atoms with Crippen molar-refractivity contribution < 1.29 is 9.53 Å². The van der Waals surface area contributed by atoms with Gasteiger partial charge < -0.3 is 9.64 Å². The van der Waals surface area contributed by atoms with Gasteiger partial charge in [-0.05, 0) is 19.4 Å². The van der Waals surface area contributed by atoms with Crippen LogP contribution in [-0.2, 0) is 9.53 Å². The molecule has 0 amide bonds. The molecule has 1 aliphatic rings. The summed E-state index contributed by atoms with van der Waals surface area (Å²) in [6, 6.07) is 0. The lowest BCUT2D eigenvalue weighted by molar-refractivity contribution is -0.120. The van der Waals surface area contributed by atoms with Crippen molar-refractivity contribution in [1.29, 1.82) is 0 Å². The summed E-state index contributed by atoms with van der Waals surface area (Å²) in [5.41, 5.74) is 0. The molecule has 15 heavy (non-hydrogen) atoms. The number of ether oxygens (including phenoxy) is 1. The predicted molar refractivity (Wildman–Crippen MR) is 61.0 cm³/mol. The Morgan fingerprint density at radius 1 is 1.33 bits per heavy atom. The van der Waals surface area contributed by atoms with Crippen LogP contribution in [0.4, 0.5) is 0 Å². The van der Waals surface area contributed by atoms with E-state index in [9.17, 15) is 4.79 Å². The van der Waals surface area contributed by atoms with Gasteiger partial charge in [0.15, 0.2) is 0 Å². The van der Waals surface area contributed by atoms with Gasteiger partial charge in [-0.1, -0.05) is 13.8 Å². The van der Waals surface area contributed by atoms with E-state index in [4.69, 9.17) is 4.74 Å². The Kier molecular flexibility index (Phi) is 5.88. The third kappa shape index (κ3) is 4.76. The number of hydrogen-bond donors (Lipinski definition) is 0. The first-order valence-electron chi connectivity index (χ1n) is 6.12. The van der Waals surface area contributed by atoms with Crippen molar-refractivity contribution in [2.75, 3.05) is 26.2 Å². The molecule has 0 saturated carbocycles. The van der Waals surface area contributed by atoms with Gasteiger partial charge in [0.1, 0.15) is 5.78 Å². The molecule has 3 nitrogen and oxygen atoms in total. The third-order valence-electron chi connectivity index (χ3n) is 3.11. The van der Waals surface area contributed by atoms with E-state index in [1.807, 2.05) is 6.92 Å². The minimum Gasteiger partial charge on any atom is -0.378 e. The molecule has 0 bridgehead atoms. The van der Waals surface area contributed by atoms with Crippen LogP contribution in [0.2, 0.25) is 0 Å². The zero-order valence-electron chi connectivity index (χ0n) is 10.00. The largest absolute Gasteiger partial charge is 0.378 e. The number of carbonyl (C=O) groups is 1. The van der Waals surface area contributed by atoms with Gasteiger partial charge >= 0.3 is 0 Å². The van der Waals surface area contributed by atoms with Crippen LogP contribution in [0.5, 0.6) is 0 Å². The summed E-state index contributed by atoms with van der Waals surface area (Å²) in [5, 5.41) is 0. The zero-order chi connectivity index (χ0) is 11.1. The average Bonchev–Trinajstić information content (AvgIpc) is 2.29. The number of likely N-dealkylation sites (tertiary alicyclic amines) is 1. The molecule has 1 fully saturated rings. The number of rotatable bonds is 6. The lowest BCUT2D eigenvalue weighted by Crippen LogP contribution is -2.37. The first kappa shape index (κ1) is 12.7. The molecule has 1 rings (SSSR count). The van der Waals surface area contributed by atoms with Gasteiger partial charge in [0.05, 0.1) is 12.7 Å². The van der Waals surface area contributed by atoms with E-state index in [-0.39, 0.29) is 0 Å². The van der Waals surface area contributed by atoms with Crippen LogP contribution in [0.15, 0.2) is 0 Å². The predicted octanol–water partition coefficient (Wildman–Crippen LogP) is 1.86. The van der Waals surface area contributed by atoms with Crippen molar-refractivity contribution in [1.82, 2.24) is 4.90 Å². The number of Topliss-reactive ketones (excluding diaryl/α,β-unsaturated/α-hetero) is 1. The fourth-order valence-electron chi connectivity index (χ4n) is 1.91. The Morgan fingerprint density at radius 2 is 2.00 bits per heavy atom. The number of nitrogens with zero attached hydrogens (tertiary/aromatic N) is 1. The van der Waals surface area contributed by atoms with Gasteiger partial charge in [-0.15, -0.1) is 0 Å². The smallest absolute Gasteiger partial charge is 0.134 e. The van der Waals surface area contributed by atoms with Crippen molar-refractivity contribution in [3.63, 3.8) is 0 Å². The van der Waals surface area contributed by atoms with Gasteiger partial charge in [0.25, 0.3) is 0 Å². The van der Waals surface area contributed by atoms with Crippen LogP contribution in [0, 0.1) is 0 Å². The van der Waals surface area contributed by atoms with Crippen molar-refractivity contribution in [3.8, 4) is 0 Å².